The molecule has 1 saturated heterocycles. The summed E-state index contributed by atoms with van der Waals surface area (Å²) in [6, 6.07) is 13.6. The third-order valence-corrected chi connectivity index (χ3v) is 6.41. The van der Waals surface area contributed by atoms with Crippen LogP contribution in [0.1, 0.15) is 28.9 Å². The average Bonchev–Trinajstić information content (AvgIpc) is 3.25. The number of rotatable bonds is 7. The van der Waals surface area contributed by atoms with Crippen LogP contribution in [0.3, 0.4) is 0 Å². The third kappa shape index (κ3) is 5.43. The van der Waals surface area contributed by atoms with Gasteiger partial charge in [0.25, 0.3) is 5.91 Å². The lowest BCUT2D eigenvalue weighted by atomic mass is 9.97. The number of amides is 2. The van der Waals surface area contributed by atoms with Gasteiger partial charge >= 0.3 is 0 Å². The monoisotopic (exact) mass is 467 g/mol. The van der Waals surface area contributed by atoms with Crippen molar-refractivity contribution in [3.05, 3.63) is 71.8 Å². The van der Waals surface area contributed by atoms with Crippen LogP contribution in [0, 0.1) is 11.7 Å². The molecule has 0 spiro atoms. The van der Waals surface area contributed by atoms with Gasteiger partial charge in [-0.25, -0.2) is 9.37 Å². The number of nitrogens with zero attached hydrogens (tertiary/aromatic N) is 3. The lowest BCUT2D eigenvalue weighted by Crippen LogP contribution is -2.40. The van der Waals surface area contributed by atoms with Gasteiger partial charge < -0.3 is 11.1 Å². The number of anilines is 1. The van der Waals surface area contributed by atoms with Crippen molar-refractivity contribution in [1.82, 2.24) is 14.5 Å². The zero-order valence-electron chi connectivity index (χ0n) is 18.3. The first kappa shape index (κ1) is 23.0. The summed E-state index contributed by atoms with van der Waals surface area (Å²) in [5, 5.41) is 3.55. The van der Waals surface area contributed by atoms with E-state index in [9.17, 15) is 14.0 Å². The number of primary amides is 1. The molecule has 3 aromatic rings. The predicted octanol–water partition coefficient (Wildman–Crippen LogP) is 3.68. The molecule has 7 nitrogen and oxygen atoms in total. The number of hydrogen-bond donors (Lipinski definition) is 2. The number of aromatic nitrogens is 2. The number of benzene rings is 2. The number of carbonyl (C=O) groups is 2. The van der Waals surface area contributed by atoms with Gasteiger partial charge in [0.1, 0.15) is 11.5 Å². The summed E-state index contributed by atoms with van der Waals surface area (Å²) in [7, 11) is 0. The number of piperidine rings is 1. The van der Waals surface area contributed by atoms with E-state index in [0.717, 1.165) is 31.5 Å². The molecule has 0 aliphatic carbocycles. The molecule has 1 atom stereocenters. The Hall–Kier alpha value is -3.17. The molecule has 4 rings (SSSR count). The SMILES string of the molecule is CSc1ncc(C(=O)Nc2ccc(CN3CCCC(C(N)=O)C3)cc2)n1-c1ccc(F)cc1. The lowest BCUT2D eigenvalue weighted by molar-refractivity contribution is -0.123. The average molecular weight is 468 g/mol. The molecule has 3 N–H and O–H groups in total. The summed E-state index contributed by atoms with van der Waals surface area (Å²) >= 11 is 1.40. The van der Waals surface area contributed by atoms with Gasteiger partial charge in [-0.1, -0.05) is 23.9 Å². The number of nitrogens with two attached hydrogens (primary N) is 1. The summed E-state index contributed by atoms with van der Waals surface area (Å²) in [6.07, 6.45) is 5.20. The number of hydrogen-bond acceptors (Lipinski definition) is 5. The minimum Gasteiger partial charge on any atom is -0.369 e. The second kappa shape index (κ2) is 10.2. The van der Waals surface area contributed by atoms with Crippen LogP contribution in [0.5, 0.6) is 0 Å². The summed E-state index contributed by atoms with van der Waals surface area (Å²) in [4.78, 5) is 31.1. The topological polar surface area (TPSA) is 93.2 Å². The molecule has 2 heterocycles. The maximum Gasteiger partial charge on any atom is 0.274 e. The molecular formula is C24H26FN5O2S. The van der Waals surface area contributed by atoms with Gasteiger partial charge in [-0.3, -0.25) is 19.1 Å². The van der Waals surface area contributed by atoms with E-state index in [0.29, 0.717) is 28.8 Å². The van der Waals surface area contributed by atoms with E-state index in [1.54, 1.807) is 16.7 Å². The van der Waals surface area contributed by atoms with Crippen LogP contribution in [-0.4, -0.2) is 45.6 Å². The van der Waals surface area contributed by atoms with Crippen molar-refractivity contribution in [2.75, 3.05) is 24.7 Å². The van der Waals surface area contributed by atoms with E-state index in [1.165, 1.54) is 30.1 Å². The summed E-state index contributed by atoms with van der Waals surface area (Å²) < 4.78 is 15.1. The van der Waals surface area contributed by atoms with E-state index in [1.807, 2.05) is 30.5 Å². The second-order valence-electron chi connectivity index (χ2n) is 8.07. The number of likely N-dealkylation sites (tertiary alicyclic amines) is 1. The summed E-state index contributed by atoms with van der Waals surface area (Å²) in [5.41, 5.74) is 8.25. The molecule has 1 aliphatic rings. The van der Waals surface area contributed by atoms with Crippen LogP contribution in [0.25, 0.3) is 5.69 Å². The van der Waals surface area contributed by atoms with Gasteiger partial charge in [-0.15, -0.1) is 0 Å². The lowest BCUT2D eigenvalue weighted by Gasteiger charge is -2.31. The highest BCUT2D eigenvalue weighted by atomic mass is 32.2. The third-order valence-electron chi connectivity index (χ3n) is 5.76. The summed E-state index contributed by atoms with van der Waals surface area (Å²) in [6.45, 7) is 2.35. The largest absolute Gasteiger partial charge is 0.369 e. The van der Waals surface area contributed by atoms with Gasteiger partial charge in [0.05, 0.1) is 12.1 Å². The zero-order valence-corrected chi connectivity index (χ0v) is 19.1. The Balaban J connectivity index is 1.45. The fourth-order valence-electron chi connectivity index (χ4n) is 4.06. The molecule has 2 amide bonds. The molecular weight excluding hydrogens is 441 g/mol. The van der Waals surface area contributed by atoms with E-state index >= 15 is 0 Å². The van der Waals surface area contributed by atoms with Crippen molar-refractivity contribution >= 4 is 29.3 Å². The zero-order chi connectivity index (χ0) is 23.4. The van der Waals surface area contributed by atoms with Crippen molar-refractivity contribution in [2.24, 2.45) is 11.7 Å². The standard InChI is InChI=1S/C24H26FN5O2S/c1-33-24-27-13-21(30(24)20-10-6-18(25)7-11-20)23(32)28-19-8-4-16(5-9-19)14-29-12-2-3-17(15-29)22(26)31/h4-11,13,17H,2-3,12,14-15H2,1H3,(H2,26,31)(H,28,32). The molecule has 0 radical (unpaired) electrons. The van der Waals surface area contributed by atoms with E-state index < -0.39 is 0 Å². The van der Waals surface area contributed by atoms with E-state index in [-0.39, 0.29) is 23.5 Å². The summed E-state index contributed by atoms with van der Waals surface area (Å²) in [5.74, 6) is -0.970. The van der Waals surface area contributed by atoms with Crippen molar-refractivity contribution in [3.8, 4) is 5.69 Å². The quantitative estimate of drug-likeness (QED) is 0.517. The molecule has 172 valence electrons. The Morgan fingerprint density at radius 3 is 2.58 bits per heavy atom. The van der Waals surface area contributed by atoms with Crippen LogP contribution in [0.2, 0.25) is 0 Å². The van der Waals surface area contributed by atoms with E-state index in [2.05, 4.69) is 15.2 Å². The highest BCUT2D eigenvalue weighted by Crippen LogP contribution is 2.23. The first-order valence-corrected chi connectivity index (χ1v) is 12.0. The Labute approximate surface area is 196 Å². The Bertz CT molecular complexity index is 1130. The van der Waals surface area contributed by atoms with Gasteiger partial charge in [-0.2, -0.15) is 0 Å². The van der Waals surface area contributed by atoms with Crippen LogP contribution in [0.15, 0.2) is 59.9 Å². The van der Waals surface area contributed by atoms with E-state index in [4.69, 9.17) is 5.73 Å². The second-order valence-corrected chi connectivity index (χ2v) is 8.84. The van der Waals surface area contributed by atoms with Gasteiger partial charge in [0.15, 0.2) is 5.16 Å². The molecule has 0 saturated carbocycles. The van der Waals surface area contributed by atoms with Crippen molar-refractivity contribution < 1.29 is 14.0 Å². The van der Waals surface area contributed by atoms with Crippen molar-refractivity contribution in [3.63, 3.8) is 0 Å². The number of nitrogens with one attached hydrogen (secondary N) is 1. The normalized spacial score (nSPS) is 16.5. The highest BCUT2D eigenvalue weighted by Gasteiger charge is 2.24. The fraction of sp³-hybridized carbons (Fsp3) is 0.292. The number of imidazole rings is 1. The highest BCUT2D eigenvalue weighted by molar-refractivity contribution is 7.98. The van der Waals surface area contributed by atoms with Crippen LogP contribution < -0.4 is 11.1 Å². The minimum absolute atomic E-state index is 0.0885. The molecule has 1 fully saturated rings. The van der Waals surface area contributed by atoms with Gasteiger partial charge in [0.2, 0.25) is 5.91 Å². The molecule has 9 heteroatoms. The predicted molar refractivity (Wildman–Crippen MR) is 127 cm³/mol. The number of halogens is 1. The fourth-order valence-corrected chi connectivity index (χ4v) is 4.60. The van der Waals surface area contributed by atoms with Gasteiger partial charge in [-0.05, 0) is 67.6 Å². The van der Waals surface area contributed by atoms with Crippen LogP contribution >= 0.6 is 11.8 Å². The number of carbonyl (C=O) groups excluding carboxylic acids is 2. The Morgan fingerprint density at radius 1 is 1.18 bits per heavy atom. The van der Waals surface area contributed by atoms with Crippen LogP contribution in [0.4, 0.5) is 10.1 Å². The van der Waals surface area contributed by atoms with Crippen LogP contribution in [-0.2, 0) is 11.3 Å². The molecule has 2 aromatic carbocycles. The maximum atomic E-state index is 13.4. The minimum atomic E-state index is -0.342. The van der Waals surface area contributed by atoms with Crippen molar-refractivity contribution in [1.29, 1.82) is 0 Å². The molecule has 1 aromatic heterocycles. The smallest absolute Gasteiger partial charge is 0.274 e. The Kier molecular flexibility index (Phi) is 7.10. The molecule has 0 bridgehead atoms. The maximum absolute atomic E-state index is 13.4. The first-order valence-electron chi connectivity index (χ1n) is 10.7. The Morgan fingerprint density at radius 2 is 1.91 bits per heavy atom. The molecule has 33 heavy (non-hydrogen) atoms. The molecule has 1 aliphatic heterocycles. The first-order chi connectivity index (χ1) is 15.9. The number of thioether (sulfide) groups is 1. The molecule has 1 unspecified atom stereocenters. The van der Waals surface area contributed by atoms with Gasteiger partial charge in [0, 0.05) is 24.5 Å². The van der Waals surface area contributed by atoms with Crippen molar-refractivity contribution in [2.45, 2.75) is 24.5 Å².